The first-order valence-corrected chi connectivity index (χ1v) is 9.72. The Kier molecular flexibility index (Phi) is 6.51. The molecule has 1 fully saturated rings. The van der Waals surface area contributed by atoms with E-state index < -0.39 is 0 Å². The fourth-order valence-electron chi connectivity index (χ4n) is 3.20. The fourth-order valence-corrected chi connectivity index (χ4v) is 3.45. The van der Waals surface area contributed by atoms with Gasteiger partial charge in [0.15, 0.2) is 5.11 Å². The van der Waals surface area contributed by atoms with E-state index in [1.165, 1.54) is 0 Å². The Morgan fingerprint density at radius 2 is 1.93 bits per heavy atom. The van der Waals surface area contributed by atoms with Gasteiger partial charge in [-0.1, -0.05) is 30.3 Å². The van der Waals surface area contributed by atoms with Gasteiger partial charge < -0.3 is 19.6 Å². The summed E-state index contributed by atoms with van der Waals surface area (Å²) >= 11 is 5.51. The van der Waals surface area contributed by atoms with Crippen LogP contribution in [0.5, 0.6) is 5.75 Å². The number of rotatable bonds is 7. The van der Waals surface area contributed by atoms with Gasteiger partial charge in [0.1, 0.15) is 11.4 Å². The molecule has 0 aliphatic carbocycles. The third-order valence-electron chi connectivity index (χ3n) is 4.91. The van der Waals surface area contributed by atoms with E-state index in [9.17, 15) is 4.79 Å². The number of likely N-dealkylation sites (N-methyl/N-ethyl adjacent to an activating group) is 2. The minimum Gasteiger partial charge on any atom is -0.496 e. The highest BCUT2D eigenvalue weighted by Gasteiger charge is 2.35. The van der Waals surface area contributed by atoms with Crippen LogP contribution in [-0.2, 0) is 11.3 Å². The molecule has 0 saturated carbocycles. The van der Waals surface area contributed by atoms with E-state index in [1.54, 1.807) is 30.0 Å². The van der Waals surface area contributed by atoms with Crippen LogP contribution in [0.4, 0.5) is 5.69 Å². The molecule has 2 aromatic carbocycles. The van der Waals surface area contributed by atoms with Crippen molar-refractivity contribution in [1.82, 2.24) is 9.80 Å². The van der Waals surface area contributed by atoms with E-state index in [2.05, 4.69) is 0 Å². The van der Waals surface area contributed by atoms with Crippen molar-refractivity contribution in [1.29, 1.82) is 0 Å². The Bertz CT molecular complexity index is 930. The van der Waals surface area contributed by atoms with Crippen molar-refractivity contribution in [3.05, 3.63) is 65.4 Å². The Morgan fingerprint density at radius 1 is 1.21 bits per heavy atom. The maximum Gasteiger partial charge on any atom is 0.277 e. The number of methoxy groups -OCH3 is 1. The standard InChI is InChI=1S/C22H25N3O3S/c1-23(11-12-26)18-10-9-17(20(14-18)28-3)13-19-21(27)25(22(29)24(19)2)15-16-7-5-4-6-8-16/h4-10,13-14,26H,11-12,15H2,1-3H3/b19-13+. The molecule has 0 unspecified atom stereocenters. The van der Waals surface area contributed by atoms with Crippen LogP contribution in [-0.4, -0.2) is 60.3 Å². The Hall–Kier alpha value is -2.90. The molecule has 29 heavy (non-hydrogen) atoms. The molecule has 0 atom stereocenters. The van der Waals surface area contributed by atoms with Gasteiger partial charge in [-0.25, -0.2) is 0 Å². The zero-order valence-corrected chi connectivity index (χ0v) is 17.6. The lowest BCUT2D eigenvalue weighted by Crippen LogP contribution is -2.30. The predicted octanol–water partition coefficient (Wildman–Crippen LogP) is 2.72. The molecule has 0 spiro atoms. The molecule has 152 valence electrons. The van der Waals surface area contributed by atoms with Gasteiger partial charge in [0.25, 0.3) is 5.91 Å². The molecule has 0 bridgehead atoms. The zero-order chi connectivity index (χ0) is 21.0. The van der Waals surface area contributed by atoms with Crippen molar-refractivity contribution in [2.45, 2.75) is 6.54 Å². The fraction of sp³-hybridized carbons (Fsp3) is 0.273. The number of aliphatic hydroxyl groups excluding tert-OH is 1. The molecule has 0 aromatic heterocycles. The number of ether oxygens (including phenoxy) is 1. The minimum atomic E-state index is -0.134. The monoisotopic (exact) mass is 411 g/mol. The summed E-state index contributed by atoms with van der Waals surface area (Å²) in [7, 11) is 5.30. The molecule has 1 amide bonds. The molecule has 0 radical (unpaired) electrons. The van der Waals surface area contributed by atoms with Crippen LogP contribution in [0.1, 0.15) is 11.1 Å². The van der Waals surface area contributed by atoms with Crippen molar-refractivity contribution >= 4 is 35.0 Å². The van der Waals surface area contributed by atoms with Gasteiger partial charge in [-0.15, -0.1) is 0 Å². The number of hydrogen-bond donors (Lipinski definition) is 1. The highest BCUT2D eigenvalue weighted by molar-refractivity contribution is 7.80. The lowest BCUT2D eigenvalue weighted by Gasteiger charge is -2.19. The summed E-state index contributed by atoms with van der Waals surface area (Å²) in [6.07, 6.45) is 1.80. The summed E-state index contributed by atoms with van der Waals surface area (Å²) in [5.41, 5.74) is 3.23. The second kappa shape index (κ2) is 9.07. The highest BCUT2D eigenvalue weighted by atomic mass is 32.1. The predicted molar refractivity (Wildman–Crippen MR) is 119 cm³/mol. The Morgan fingerprint density at radius 3 is 2.59 bits per heavy atom. The second-order valence-electron chi connectivity index (χ2n) is 6.82. The van der Waals surface area contributed by atoms with E-state index in [1.807, 2.05) is 60.5 Å². The van der Waals surface area contributed by atoms with E-state index in [0.29, 0.717) is 29.6 Å². The molecule has 3 rings (SSSR count). The van der Waals surface area contributed by atoms with Crippen LogP contribution in [0.3, 0.4) is 0 Å². The SMILES string of the molecule is COc1cc(N(C)CCO)ccc1/C=C1\C(=O)N(Cc2ccccc2)C(=S)N1C. The number of carbonyl (C=O) groups is 1. The molecule has 1 aliphatic heterocycles. The van der Waals surface area contributed by atoms with Gasteiger partial charge >= 0.3 is 0 Å². The van der Waals surface area contributed by atoms with Crippen molar-refractivity contribution in [2.24, 2.45) is 0 Å². The first-order valence-electron chi connectivity index (χ1n) is 9.31. The molecular weight excluding hydrogens is 386 g/mol. The van der Waals surface area contributed by atoms with E-state index >= 15 is 0 Å². The van der Waals surface area contributed by atoms with Crippen molar-refractivity contribution < 1.29 is 14.6 Å². The van der Waals surface area contributed by atoms with Crippen LogP contribution >= 0.6 is 12.2 Å². The highest BCUT2D eigenvalue weighted by Crippen LogP contribution is 2.30. The quantitative estimate of drug-likeness (QED) is 0.559. The van der Waals surface area contributed by atoms with Crippen LogP contribution < -0.4 is 9.64 Å². The van der Waals surface area contributed by atoms with Crippen LogP contribution in [0.15, 0.2) is 54.2 Å². The number of benzene rings is 2. The van der Waals surface area contributed by atoms with Crippen LogP contribution in [0.25, 0.3) is 6.08 Å². The van der Waals surface area contributed by atoms with E-state index in [0.717, 1.165) is 16.8 Å². The molecule has 1 N–H and O–H groups in total. The topological polar surface area (TPSA) is 56.3 Å². The molecule has 6 nitrogen and oxygen atoms in total. The number of aliphatic hydroxyl groups is 1. The second-order valence-corrected chi connectivity index (χ2v) is 7.18. The van der Waals surface area contributed by atoms with Gasteiger partial charge in [-0.05, 0) is 36.0 Å². The summed E-state index contributed by atoms with van der Waals surface area (Å²) in [5.74, 6) is 0.512. The van der Waals surface area contributed by atoms with Gasteiger partial charge in [-0.2, -0.15) is 0 Å². The summed E-state index contributed by atoms with van der Waals surface area (Å²) in [6.45, 7) is 1.02. The molecule has 1 saturated heterocycles. The number of hydrogen-bond acceptors (Lipinski definition) is 5. The molecule has 7 heteroatoms. The number of nitrogens with zero attached hydrogens (tertiary/aromatic N) is 3. The summed E-state index contributed by atoms with van der Waals surface area (Å²) in [5, 5.41) is 9.62. The molecule has 2 aromatic rings. The van der Waals surface area contributed by atoms with Gasteiger partial charge in [0, 0.05) is 38.0 Å². The maximum absolute atomic E-state index is 13.0. The normalized spacial score (nSPS) is 15.4. The molecule has 1 heterocycles. The summed E-state index contributed by atoms with van der Waals surface area (Å²) in [4.78, 5) is 18.3. The average molecular weight is 412 g/mol. The molecular formula is C22H25N3O3S. The van der Waals surface area contributed by atoms with Crippen molar-refractivity contribution in [3.63, 3.8) is 0 Å². The number of carbonyl (C=O) groups excluding carboxylic acids is 1. The lowest BCUT2D eigenvalue weighted by atomic mass is 10.1. The van der Waals surface area contributed by atoms with Gasteiger partial charge in [-0.3, -0.25) is 9.69 Å². The van der Waals surface area contributed by atoms with Gasteiger partial charge in [0.05, 0.1) is 20.3 Å². The van der Waals surface area contributed by atoms with Gasteiger partial charge in [0.2, 0.25) is 0 Å². The van der Waals surface area contributed by atoms with E-state index in [-0.39, 0.29) is 12.5 Å². The summed E-state index contributed by atoms with van der Waals surface area (Å²) in [6, 6.07) is 15.5. The largest absolute Gasteiger partial charge is 0.496 e. The molecule has 1 aliphatic rings. The van der Waals surface area contributed by atoms with Crippen LogP contribution in [0, 0.1) is 0 Å². The zero-order valence-electron chi connectivity index (χ0n) is 16.8. The third kappa shape index (κ3) is 4.41. The average Bonchev–Trinajstić information content (AvgIpc) is 2.93. The lowest BCUT2D eigenvalue weighted by molar-refractivity contribution is -0.122. The van der Waals surface area contributed by atoms with Crippen LogP contribution in [0.2, 0.25) is 0 Å². The smallest absolute Gasteiger partial charge is 0.277 e. The van der Waals surface area contributed by atoms with Crippen molar-refractivity contribution in [2.75, 3.05) is 39.3 Å². The third-order valence-corrected chi connectivity index (χ3v) is 5.41. The van der Waals surface area contributed by atoms with E-state index in [4.69, 9.17) is 22.1 Å². The number of thiocarbonyl (C=S) groups is 1. The maximum atomic E-state index is 13.0. The number of amides is 1. The Balaban J connectivity index is 1.89. The minimum absolute atomic E-state index is 0.0681. The number of anilines is 1. The first kappa shape index (κ1) is 20.8. The van der Waals surface area contributed by atoms with Crippen molar-refractivity contribution in [3.8, 4) is 5.75 Å². The Labute approximate surface area is 176 Å². The summed E-state index contributed by atoms with van der Waals surface area (Å²) < 4.78 is 5.53. The first-order chi connectivity index (χ1) is 14.0.